The lowest BCUT2D eigenvalue weighted by Crippen LogP contribution is -2.15. The first-order chi connectivity index (χ1) is 8.83. The maximum atomic E-state index is 11.2. The summed E-state index contributed by atoms with van der Waals surface area (Å²) < 4.78 is 5.03. The monoisotopic (exact) mass is 242 g/mol. The summed E-state index contributed by atoms with van der Waals surface area (Å²) in [5.74, 6) is -0.245. The Bertz CT molecular complexity index is 488. The van der Waals surface area contributed by atoms with Gasteiger partial charge < -0.3 is 4.74 Å². The lowest BCUT2D eigenvalue weighted by molar-refractivity contribution is 0.0328. The fourth-order valence-corrected chi connectivity index (χ4v) is 1.67. The van der Waals surface area contributed by atoms with E-state index in [9.17, 15) is 4.79 Å². The van der Waals surface area contributed by atoms with E-state index in [1.54, 1.807) is 25.5 Å². The molecule has 1 aliphatic rings. The quantitative estimate of drug-likeness (QED) is 0.778. The summed E-state index contributed by atoms with van der Waals surface area (Å²) in [6, 6.07) is 13.1. The van der Waals surface area contributed by atoms with Crippen LogP contribution < -0.4 is 5.32 Å². The number of pyridine rings is 1. The van der Waals surface area contributed by atoms with Crippen molar-refractivity contribution < 1.29 is 9.53 Å². The van der Waals surface area contributed by atoms with Crippen molar-refractivity contribution in [2.75, 3.05) is 7.05 Å². The standard InChI is InChI=1S/C9H9NO2.C5H5N/c1-10-8-6-4-2-3-5-7(6)9(11)12-8;1-2-4-6-5-3-1/h2-5,8,10H,1H3;1-5H. The van der Waals surface area contributed by atoms with Gasteiger partial charge in [0.05, 0.1) is 5.56 Å². The van der Waals surface area contributed by atoms with Crippen LogP contribution in [0.4, 0.5) is 0 Å². The zero-order valence-corrected chi connectivity index (χ0v) is 10.0. The molecule has 18 heavy (non-hydrogen) atoms. The van der Waals surface area contributed by atoms with E-state index < -0.39 is 0 Å². The molecule has 4 heteroatoms. The highest BCUT2D eigenvalue weighted by molar-refractivity contribution is 5.93. The molecule has 3 rings (SSSR count). The van der Waals surface area contributed by atoms with Crippen molar-refractivity contribution in [1.82, 2.24) is 10.3 Å². The Morgan fingerprint density at radius 2 is 1.83 bits per heavy atom. The van der Waals surface area contributed by atoms with Crippen molar-refractivity contribution in [3.8, 4) is 0 Å². The van der Waals surface area contributed by atoms with Gasteiger partial charge in [0.2, 0.25) is 0 Å². The number of esters is 1. The minimum absolute atomic E-state index is 0.245. The van der Waals surface area contributed by atoms with Gasteiger partial charge in [-0.3, -0.25) is 10.3 Å². The van der Waals surface area contributed by atoms with E-state index in [1.165, 1.54) is 0 Å². The number of carbonyl (C=O) groups excluding carboxylic acids is 1. The predicted molar refractivity (Wildman–Crippen MR) is 67.9 cm³/mol. The van der Waals surface area contributed by atoms with Crippen molar-refractivity contribution >= 4 is 5.97 Å². The molecule has 1 unspecified atom stereocenters. The van der Waals surface area contributed by atoms with Crippen LogP contribution in [-0.4, -0.2) is 18.0 Å². The Morgan fingerprint density at radius 1 is 1.11 bits per heavy atom. The normalized spacial score (nSPS) is 16.3. The molecule has 1 aromatic heterocycles. The summed E-state index contributed by atoms with van der Waals surface area (Å²) in [6.07, 6.45) is 3.23. The summed E-state index contributed by atoms with van der Waals surface area (Å²) >= 11 is 0. The Kier molecular flexibility index (Phi) is 4.04. The van der Waals surface area contributed by atoms with Gasteiger partial charge in [0.1, 0.15) is 0 Å². The first kappa shape index (κ1) is 12.3. The molecule has 1 aliphatic heterocycles. The average molecular weight is 242 g/mol. The highest BCUT2D eigenvalue weighted by Gasteiger charge is 2.28. The number of benzene rings is 1. The third kappa shape index (κ3) is 2.73. The highest BCUT2D eigenvalue weighted by atomic mass is 16.6. The summed E-state index contributed by atoms with van der Waals surface area (Å²) in [6.45, 7) is 0. The summed E-state index contributed by atoms with van der Waals surface area (Å²) in [5, 5.41) is 2.91. The molecule has 2 aromatic rings. The van der Waals surface area contributed by atoms with Crippen molar-refractivity contribution in [3.05, 3.63) is 66.0 Å². The van der Waals surface area contributed by atoms with E-state index in [0.717, 1.165) is 5.56 Å². The van der Waals surface area contributed by atoms with Crippen LogP contribution in [0.15, 0.2) is 54.9 Å². The number of nitrogens with zero attached hydrogens (tertiary/aromatic N) is 1. The van der Waals surface area contributed by atoms with Crippen LogP contribution in [0.2, 0.25) is 0 Å². The number of hydrogen-bond donors (Lipinski definition) is 1. The van der Waals surface area contributed by atoms with Gasteiger partial charge in [-0.15, -0.1) is 0 Å². The summed E-state index contributed by atoms with van der Waals surface area (Å²) in [5.41, 5.74) is 1.59. The zero-order chi connectivity index (χ0) is 12.8. The van der Waals surface area contributed by atoms with Crippen molar-refractivity contribution in [2.45, 2.75) is 6.23 Å². The molecule has 0 radical (unpaired) electrons. The molecular weight excluding hydrogens is 228 g/mol. The number of nitrogens with one attached hydrogen (secondary N) is 1. The molecule has 0 aliphatic carbocycles. The minimum atomic E-state index is -0.270. The molecule has 0 spiro atoms. The fourth-order valence-electron chi connectivity index (χ4n) is 1.67. The number of aromatic nitrogens is 1. The first-order valence-electron chi connectivity index (χ1n) is 5.65. The number of cyclic esters (lactones) is 1. The largest absolute Gasteiger partial charge is 0.439 e. The predicted octanol–water partition coefficient (Wildman–Crippen LogP) is 2.16. The van der Waals surface area contributed by atoms with Gasteiger partial charge in [-0.05, 0) is 25.2 Å². The zero-order valence-electron chi connectivity index (χ0n) is 10.0. The van der Waals surface area contributed by atoms with Crippen LogP contribution in [0.3, 0.4) is 0 Å². The Morgan fingerprint density at radius 3 is 2.39 bits per heavy atom. The van der Waals surface area contributed by atoms with Gasteiger partial charge in [-0.2, -0.15) is 0 Å². The Balaban J connectivity index is 0.000000169. The maximum Gasteiger partial charge on any atom is 0.340 e. The molecule has 1 aromatic carbocycles. The van der Waals surface area contributed by atoms with E-state index in [-0.39, 0.29) is 12.2 Å². The van der Waals surface area contributed by atoms with E-state index >= 15 is 0 Å². The lowest BCUT2D eigenvalue weighted by atomic mass is 10.1. The van der Waals surface area contributed by atoms with Gasteiger partial charge in [0, 0.05) is 18.0 Å². The van der Waals surface area contributed by atoms with Crippen LogP contribution in [0.5, 0.6) is 0 Å². The Hall–Kier alpha value is -2.20. The molecule has 0 saturated carbocycles. The summed E-state index contributed by atoms with van der Waals surface area (Å²) in [7, 11) is 1.76. The number of fused-ring (bicyclic) bond motifs is 1. The first-order valence-corrected chi connectivity index (χ1v) is 5.65. The van der Waals surface area contributed by atoms with Gasteiger partial charge in [0.25, 0.3) is 0 Å². The lowest BCUT2D eigenvalue weighted by Gasteiger charge is -2.07. The van der Waals surface area contributed by atoms with Gasteiger partial charge >= 0.3 is 5.97 Å². The molecule has 2 heterocycles. The molecule has 0 bridgehead atoms. The molecule has 1 N–H and O–H groups in total. The number of rotatable bonds is 1. The van der Waals surface area contributed by atoms with E-state index in [1.807, 2.05) is 36.4 Å². The second-order valence-corrected chi connectivity index (χ2v) is 3.69. The molecular formula is C14H14N2O2. The molecule has 92 valence electrons. The van der Waals surface area contributed by atoms with Gasteiger partial charge in [0.15, 0.2) is 6.23 Å². The minimum Gasteiger partial charge on any atom is -0.439 e. The topological polar surface area (TPSA) is 51.2 Å². The van der Waals surface area contributed by atoms with E-state index in [0.29, 0.717) is 5.56 Å². The Labute approximate surface area is 106 Å². The van der Waals surface area contributed by atoms with Crippen molar-refractivity contribution in [2.24, 2.45) is 0 Å². The van der Waals surface area contributed by atoms with E-state index in [2.05, 4.69) is 10.3 Å². The maximum absolute atomic E-state index is 11.2. The fraction of sp³-hybridized carbons (Fsp3) is 0.143. The van der Waals surface area contributed by atoms with Crippen molar-refractivity contribution in [3.63, 3.8) is 0 Å². The number of carbonyl (C=O) groups is 1. The molecule has 0 fully saturated rings. The van der Waals surface area contributed by atoms with Crippen LogP contribution in [0, 0.1) is 0 Å². The smallest absolute Gasteiger partial charge is 0.340 e. The van der Waals surface area contributed by atoms with Crippen LogP contribution >= 0.6 is 0 Å². The second kappa shape index (κ2) is 5.93. The number of ether oxygens (including phenoxy) is 1. The molecule has 0 saturated heterocycles. The van der Waals surface area contributed by atoms with Crippen LogP contribution in [0.25, 0.3) is 0 Å². The highest BCUT2D eigenvalue weighted by Crippen LogP contribution is 2.27. The SMILES string of the molecule is CNC1OC(=O)c2ccccc21.c1ccncc1. The second-order valence-electron chi connectivity index (χ2n) is 3.69. The van der Waals surface area contributed by atoms with E-state index in [4.69, 9.17) is 4.74 Å². The molecule has 1 atom stereocenters. The van der Waals surface area contributed by atoms with Crippen LogP contribution in [-0.2, 0) is 4.74 Å². The van der Waals surface area contributed by atoms with Gasteiger partial charge in [-0.25, -0.2) is 4.79 Å². The molecule has 0 amide bonds. The van der Waals surface area contributed by atoms with Crippen molar-refractivity contribution in [1.29, 1.82) is 0 Å². The number of hydrogen-bond acceptors (Lipinski definition) is 4. The van der Waals surface area contributed by atoms with Crippen LogP contribution in [0.1, 0.15) is 22.1 Å². The van der Waals surface area contributed by atoms with Gasteiger partial charge in [-0.1, -0.05) is 24.3 Å². The molecule has 4 nitrogen and oxygen atoms in total. The third-order valence-corrected chi connectivity index (χ3v) is 2.52. The average Bonchev–Trinajstić information content (AvgIpc) is 2.79. The summed E-state index contributed by atoms with van der Waals surface area (Å²) in [4.78, 5) is 15.0. The third-order valence-electron chi connectivity index (χ3n) is 2.52.